The number of benzene rings is 1. The average Bonchev–Trinajstić information content (AvgIpc) is 2.38. The molecule has 0 atom stereocenters. The van der Waals surface area contributed by atoms with E-state index in [1.807, 2.05) is 13.0 Å². The molecule has 0 fully saturated rings. The maximum Gasteiger partial charge on any atom is 0.306 e. The van der Waals surface area contributed by atoms with Crippen LogP contribution in [0.15, 0.2) is 18.2 Å². The Labute approximate surface area is 117 Å². The molecule has 0 aliphatic carbocycles. The van der Waals surface area contributed by atoms with Gasteiger partial charge in [-0.1, -0.05) is 17.7 Å². The summed E-state index contributed by atoms with van der Waals surface area (Å²) < 4.78 is 10.1. The van der Waals surface area contributed by atoms with Crippen LogP contribution in [0.25, 0.3) is 0 Å². The Morgan fingerprint density at radius 3 is 2.68 bits per heavy atom. The van der Waals surface area contributed by atoms with Crippen molar-refractivity contribution in [2.24, 2.45) is 0 Å². The molecule has 1 aromatic rings. The molecule has 4 nitrogen and oxygen atoms in total. The fourth-order valence-corrected chi connectivity index (χ4v) is 1.60. The van der Waals surface area contributed by atoms with Crippen molar-refractivity contribution < 1.29 is 19.1 Å². The van der Waals surface area contributed by atoms with Gasteiger partial charge in [0, 0.05) is 6.42 Å². The van der Waals surface area contributed by atoms with Crippen molar-refractivity contribution in [1.82, 2.24) is 0 Å². The molecular weight excluding hydrogens is 268 g/mol. The third kappa shape index (κ3) is 5.75. The fraction of sp³-hybridized carbons (Fsp3) is 0.429. The molecule has 0 unspecified atom stereocenters. The molecular formula is C14H17ClO4. The van der Waals surface area contributed by atoms with E-state index >= 15 is 0 Å². The van der Waals surface area contributed by atoms with Crippen molar-refractivity contribution in [2.75, 3.05) is 13.2 Å². The molecule has 0 bridgehead atoms. The quantitative estimate of drug-likeness (QED) is 0.723. The van der Waals surface area contributed by atoms with Crippen LogP contribution in [0.2, 0.25) is 5.02 Å². The molecule has 0 heterocycles. The second-order valence-corrected chi connectivity index (χ2v) is 4.47. The Morgan fingerprint density at radius 2 is 2.00 bits per heavy atom. The molecule has 0 N–H and O–H groups in total. The number of esters is 1. The minimum absolute atomic E-state index is 0.0809. The summed E-state index contributed by atoms with van der Waals surface area (Å²) in [5.74, 6) is -0.0544. The standard InChI is InChI=1S/C14H17ClO4/c1-3-18-14(17)7-5-11(16)9-19-13-8-10(2)4-6-12(13)15/h4,6,8H,3,5,7,9H2,1-2H3. The second kappa shape index (κ2) is 7.79. The number of rotatable bonds is 7. The highest BCUT2D eigenvalue weighted by Gasteiger charge is 2.09. The lowest BCUT2D eigenvalue weighted by Crippen LogP contribution is -2.14. The molecule has 0 radical (unpaired) electrons. The van der Waals surface area contributed by atoms with E-state index in [1.54, 1.807) is 19.1 Å². The van der Waals surface area contributed by atoms with Crippen molar-refractivity contribution >= 4 is 23.4 Å². The summed E-state index contributed by atoms with van der Waals surface area (Å²) in [7, 11) is 0. The number of Topliss-reactive ketones (excluding diaryl/α,β-unsaturated/α-hetero) is 1. The van der Waals surface area contributed by atoms with Gasteiger partial charge in [0.05, 0.1) is 18.1 Å². The molecule has 0 saturated heterocycles. The van der Waals surface area contributed by atoms with Gasteiger partial charge in [-0.3, -0.25) is 9.59 Å². The van der Waals surface area contributed by atoms with Crippen molar-refractivity contribution in [3.8, 4) is 5.75 Å². The van der Waals surface area contributed by atoms with E-state index in [-0.39, 0.29) is 31.2 Å². The van der Waals surface area contributed by atoms with Gasteiger partial charge in [-0.2, -0.15) is 0 Å². The molecule has 19 heavy (non-hydrogen) atoms. The summed E-state index contributed by atoms with van der Waals surface area (Å²) >= 11 is 5.94. The maximum absolute atomic E-state index is 11.5. The molecule has 1 rings (SSSR count). The molecule has 0 aromatic heterocycles. The lowest BCUT2D eigenvalue weighted by Gasteiger charge is -2.08. The van der Waals surface area contributed by atoms with Gasteiger partial charge in [0.2, 0.25) is 0 Å². The minimum Gasteiger partial charge on any atom is -0.484 e. The van der Waals surface area contributed by atoms with E-state index < -0.39 is 0 Å². The lowest BCUT2D eigenvalue weighted by atomic mass is 10.2. The van der Waals surface area contributed by atoms with E-state index in [4.69, 9.17) is 21.1 Å². The van der Waals surface area contributed by atoms with Crippen LogP contribution in [0.4, 0.5) is 0 Å². The first-order chi connectivity index (χ1) is 9.02. The third-order valence-electron chi connectivity index (χ3n) is 2.39. The molecule has 0 saturated carbocycles. The summed E-state index contributed by atoms with van der Waals surface area (Å²) in [5.41, 5.74) is 0.998. The zero-order chi connectivity index (χ0) is 14.3. The smallest absolute Gasteiger partial charge is 0.306 e. The zero-order valence-electron chi connectivity index (χ0n) is 11.1. The van der Waals surface area contributed by atoms with Crippen molar-refractivity contribution in [1.29, 1.82) is 0 Å². The average molecular weight is 285 g/mol. The number of hydrogen-bond donors (Lipinski definition) is 0. The Kier molecular flexibility index (Phi) is 6.36. The number of hydrogen-bond acceptors (Lipinski definition) is 4. The molecule has 0 amide bonds. The highest BCUT2D eigenvalue weighted by molar-refractivity contribution is 6.32. The van der Waals surface area contributed by atoms with Crippen molar-refractivity contribution in [2.45, 2.75) is 26.7 Å². The predicted molar refractivity (Wildman–Crippen MR) is 72.6 cm³/mol. The summed E-state index contributed by atoms with van der Waals surface area (Å²) in [6.45, 7) is 3.86. The molecule has 0 aliphatic heterocycles. The summed E-state index contributed by atoms with van der Waals surface area (Å²) in [6.07, 6.45) is 0.194. The van der Waals surface area contributed by atoms with E-state index in [0.717, 1.165) is 5.56 Å². The summed E-state index contributed by atoms with van der Waals surface area (Å²) in [4.78, 5) is 22.6. The Hall–Kier alpha value is -1.55. The number of halogens is 1. The number of carbonyl (C=O) groups is 2. The molecule has 5 heteroatoms. The van der Waals surface area contributed by atoms with Crippen LogP contribution in [-0.4, -0.2) is 25.0 Å². The largest absolute Gasteiger partial charge is 0.484 e. The van der Waals surface area contributed by atoms with Crippen molar-refractivity contribution in [3.05, 3.63) is 28.8 Å². The fourth-order valence-electron chi connectivity index (χ4n) is 1.43. The first-order valence-corrected chi connectivity index (χ1v) is 6.47. The first-order valence-electron chi connectivity index (χ1n) is 6.09. The number of aryl methyl sites for hydroxylation is 1. The molecule has 104 valence electrons. The van der Waals surface area contributed by atoms with Crippen LogP contribution in [0.3, 0.4) is 0 Å². The zero-order valence-corrected chi connectivity index (χ0v) is 11.8. The van der Waals surface area contributed by atoms with E-state index in [0.29, 0.717) is 17.4 Å². The van der Waals surface area contributed by atoms with Gasteiger partial charge in [-0.15, -0.1) is 0 Å². The molecule has 1 aromatic carbocycles. The minimum atomic E-state index is -0.371. The van der Waals surface area contributed by atoms with E-state index in [1.165, 1.54) is 0 Å². The van der Waals surface area contributed by atoms with Gasteiger partial charge in [0.15, 0.2) is 5.78 Å². The highest BCUT2D eigenvalue weighted by Crippen LogP contribution is 2.25. The Balaban J connectivity index is 2.38. The topological polar surface area (TPSA) is 52.6 Å². The number of carbonyl (C=O) groups excluding carboxylic acids is 2. The van der Waals surface area contributed by atoms with E-state index in [2.05, 4.69) is 0 Å². The van der Waals surface area contributed by atoms with Crippen LogP contribution < -0.4 is 4.74 Å². The lowest BCUT2D eigenvalue weighted by molar-refractivity contribution is -0.144. The van der Waals surface area contributed by atoms with Crippen LogP contribution >= 0.6 is 11.6 Å². The monoisotopic (exact) mass is 284 g/mol. The van der Waals surface area contributed by atoms with Gasteiger partial charge in [0.1, 0.15) is 12.4 Å². The normalized spacial score (nSPS) is 10.1. The first kappa shape index (κ1) is 15.5. The second-order valence-electron chi connectivity index (χ2n) is 4.07. The van der Waals surface area contributed by atoms with Gasteiger partial charge in [-0.25, -0.2) is 0 Å². The number of ether oxygens (including phenoxy) is 2. The van der Waals surface area contributed by atoms with Gasteiger partial charge in [-0.05, 0) is 31.5 Å². The Morgan fingerprint density at radius 1 is 1.26 bits per heavy atom. The van der Waals surface area contributed by atoms with Crippen LogP contribution in [0.1, 0.15) is 25.3 Å². The van der Waals surface area contributed by atoms with Crippen LogP contribution in [0, 0.1) is 6.92 Å². The SMILES string of the molecule is CCOC(=O)CCC(=O)COc1cc(C)ccc1Cl. The van der Waals surface area contributed by atoms with E-state index in [9.17, 15) is 9.59 Å². The van der Waals surface area contributed by atoms with Crippen molar-refractivity contribution in [3.63, 3.8) is 0 Å². The highest BCUT2D eigenvalue weighted by atomic mass is 35.5. The molecule has 0 spiro atoms. The van der Waals surface area contributed by atoms with Gasteiger partial charge < -0.3 is 9.47 Å². The predicted octanol–water partition coefficient (Wildman–Crippen LogP) is 2.94. The molecule has 0 aliphatic rings. The van der Waals surface area contributed by atoms with Crippen LogP contribution in [0.5, 0.6) is 5.75 Å². The van der Waals surface area contributed by atoms with Gasteiger partial charge >= 0.3 is 5.97 Å². The Bertz CT molecular complexity index is 457. The number of ketones is 1. The van der Waals surface area contributed by atoms with Gasteiger partial charge in [0.25, 0.3) is 0 Å². The third-order valence-corrected chi connectivity index (χ3v) is 2.70. The summed E-state index contributed by atoms with van der Waals surface area (Å²) in [5, 5.41) is 0.462. The maximum atomic E-state index is 11.5. The van der Waals surface area contributed by atoms with Crippen LogP contribution in [-0.2, 0) is 14.3 Å². The summed E-state index contributed by atoms with van der Waals surface area (Å²) in [6, 6.07) is 5.34.